The molecule has 0 fully saturated rings. The first-order valence-electron chi connectivity index (χ1n) is 6.10. The Morgan fingerprint density at radius 1 is 1.29 bits per heavy atom. The van der Waals surface area contributed by atoms with Crippen molar-refractivity contribution in [2.45, 2.75) is 12.6 Å². The van der Waals surface area contributed by atoms with Crippen LogP contribution >= 0.6 is 15.9 Å². The van der Waals surface area contributed by atoms with Crippen molar-refractivity contribution in [3.05, 3.63) is 39.9 Å². The van der Waals surface area contributed by atoms with E-state index in [4.69, 9.17) is 0 Å². The van der Waals surface area contributed by atoms with Gasteiger partial charge >= 0.3 is 6.18 Å². The monoisotopic (exact) mass is 383 g/mol. The number of rotatable bonds is 2. The molecule has 0 unspecified atom stereocenters. The van der Waals surface area contributed by atoms with Gasteiger partial charge < -0.3 is 0 Å². The molecule has 0 radical (unpaired) electrons. The SMILES string of the molecule is CS(=O)(=O)N1CC=C(c2ccc(C(F)(F)F)c(Br)c2)CC1. The van der Waals surface area contributed by atoms with Crippen LogP contribution in [0.1, 0.15) is 17.5 Å². The lowest BCUT2D eigenvalue weighted by atomic mass is 9.99. The largest absolute Gasteiger partial charge is 0.417 e. The Labute approximate surface area is 129 Å². The van der Waals surface area contributed by atoms with Crippen LogP contribution in [0.4, 0.5) is 13.2 Å². The zero-order chi connectivity index (χ0) is 15.8. The second kappa shape index (κ2) is 5.73. The summed E-state index contributed by atoms with van der Waals surface area (Å²) in [5, 5.41) is 0. The minimum atomic E-state index is -4.40. The normalized spacial score (nSPS) is 17.7. The van der Waals surface area contributed by atoms with Gasteiger partial charge in [-0.15, -0.1) is 0 Å². The molecule has 0 spiro atoms. The van der Waals surface area contributed by atoms with Crippen molar-refractivity contribution in [3.63, 3.8) is 0 Å². The van der Waals surface area contributed by atoms with Gasteiger partial charge in [0.05, 0.1) is 11.8 Å². The van der Waals surface area contributed by atoms with E-state index in [-0.39, 0.29) is 11.0 Å². The van der Waals surface area contributed by atoms with Crippen LogP contribution in [0.3, 0.4) is 0 Å². The number of sulfonamides is 1. The number of benzene rings is 1. The summed E-state index contributed by atoms with van der Waals surface area (Å²) in [7, 11) is -3.24. The second-order valence-corrected chi connectivity index (χ2v) is 7.63. The molecule has 0 atom stereocenters. The van der Waals surface area contributed by atoms with Crippen LogP contribution in [0.5, 0.6) is 0 Å². The fourth-order valence-electron chi connectivity index (χ4n) is 2.16. The van der Waals surface area contributed by atoms with Crippen molar-refractivity contribution >= 4 is 31.5 Å². The lowest BCUT2D eigenvalue weighted by molar-refractivity contribution is -0.138. The molecule has 0 saturated heterocycles. The highest BCUT2D eigenvalue weighted by molar-refractivity contribution is 9.10. The van der Waals surface area contributed by atoms with E-state index < -0.39 is 21.8 Å². The Morgan fingerprint density at radius 2 is 1.95 bits per heavy atom. The van der Waals surface area contributed by atoms with Gasteiger partial charge in [-0.25, -0.2) is 8.42 Å². The molecule has 3 nitrogen and oxygen atoms in total. The number of hydrogen-bond acceptors (Lipinski definition) is 2. The number of halogens is 4. The van der Waals surface area contributed by atoms with Crippen molar-refractivity contribution < 1.29 is 21.6 Å². The Balaban J connectivity index is 2.25. The highest BCUT2D eigenvalue weighted by atomic mass is 79.9. The molecule has 1 aromatic carbocycles. The molecule has 1 aromatic rings. The van der Waals surface area contributed by atoms with E-state index in [0.717, 1.165) is 17.9 Å². The van der Waals surface area contributed by atoms with E-state index in [1.807, 2.05) is 0 Å². The summed E-state index contributed by atoms with van der Waals surface area (Å²) in [5.41, 5.74) is 0.799. The Kier molecular flexibility index (Phi) is 4.51. The van der Waals surface area contributed by atoms with Gasteiger partial charge in [0.2, 0.25) is 10.0 Å². The quantitative estimate of drug-likeness (QED) is 0.783. The molecule has 0 N–H and O–H groups in total. The molecular formula is C13H13BrF3NO2S. The minimum Gasteiger partial charge on any atom is -0.212 e. The molecule has 0 aromatic heterocycles. The van der Waals surface area contributed by atoms with Crippen LogP contribution in [0, 0.1) is 0 Å². The molecule has 8 heteroatoms. The molecule has 0 aliphatic carbocycles. The summed E-state index contributed by atoms with van der Waals surface area (Å²) in [6.45, 7) is 0.579. The number of nitrogens with zero attached hydrogens (tertiary/aromatic N) is 1. The first-order valence-corrected chi connectivity index (χ1v) is 8.74. The van der Waals surface area contributed by atoms with E-state index >= 15 is 0 Å². The van der Waals surface area contributed by atoms with E-state index in [0.29, 0.717) is 18.5 Å². The van der Waals surface area contributed by atoms with Gasteiger partial charge in [-0.2, -0.15) is 17.5 Å². The van der Waals surface area contributed by atoms with Gasteiger partial charge in [0, 0.05) is 17.6 Å². The summed E-state index contributed by atoms with van der Waals surface area (Å²) in [5.74, 6) is 0. The summed E-state index contributed by atoms with van der Waals surface area (Å²) in [6.07, 6.45) is -1.05. The van der Waals surface area contributed by atoms with Crippen LogP contribution in [0.25, 0.3) is 5.57 Å². The number of hydrogen-bond donors (Lipinski definition) is 0. The summed E-state index contributed by atoms with van der Waals surface area (Å²) >= 11 is 2.94. The highest BCUT2D eigenvalue weighted by Crippen LogP contribution is 2.36. The van der Waals surface area contributed by atoms with Crippen LogP contribution < -0.4 is 0 Å². The first-order chi connectivity index (χ1) is 9.59. The Morgan fingerprint density at radius 3 is 2.38 bits per heavy atom. The highest BCUT2D eigenvalue weighted by Gasteiger charge is 2.33. The lowest BCUT2D eigenvalue weighted by Crippen LogP contribution is -2.33. The van der Waals surface area contributed by atoms with Crippen LogP contribution in [0.15, 0.2) is 28.7 Å². The molecule has 2 rings (SSSR count). The Bertz CT molecular complexity index is 683. The van der Waals surface area contributed by atoms with E-state index in [1.54, 1.807) is 6.08 Å². The van der Waals surface area contributed by atoms with Gasteiger partial charge in [0.15, 0.2) is 0 Å². The molecule has 1 aliphatic rings. The van der Waals surface area contributed by atoms with Gasteiger partial charge in [-0.05, 0) is 29.7 Å². The van der Waals surface area contributed by atoms with Crippen LogP contribution in [0.2, 0.25) is 0 Å². The summed E-state index contributed by atoms with van der Waals surface area (Å²) in [6, 6.07) is 3.86. The van der Waals surface area contributed by atoms with Gasteiger partial charge in [-0.1, -0.05) is 28.1 Å². The maximum absolute atomic E-state index is 12.7. The maximum Gasteiger partial charge on any atom is 0.417 e. The third-order valence-corrected chi connectivity index (χ3v) is 5.21. The van der Waals surface area contributed by atoms with Crippen molar-refractivity contribution in [1.82, 2.24) is 4.31 Å². The third-order valence-electron chi connectivity index (χ3n) is 3.29. The van der Waals surface area contributed by atoms with E-state index in [9.17, 15) is 21.6 Å². The molecule has 0 bridgehead atoms. The molecular weight excluding hydrogens is 371 g/mol. The third kappa shape index (κ3) is 3.87. The lowest BCUT2D eigenvalue weighted by Gasteiger charge is -2.24. The first kappa shape index (κ1) is 16.5. The maximum atomic E-state index is 12.7. The molecule has 0 amide bonds. The molecule has 21 heavy (non-hydrogen) atoms. The fourth-order valence-corrected chi connectivity index (χ4v) is 3.53. The van der Waals surface area contributed by atoms with Crippen molar-refractivity contribution in [3.8, 4) is 0 Å². The minimum absolute atomic E-state index is 0.0149. The smallest absolute Gasteiger partial charge is 0.212 e. The Hall–Kier alpha value is -0.860. The topological polar surface area (TPSA) is 37.4 Å². The molecule has 116 valence electrons. The van der Waals surface area contributed by atoms with Crippen molar-refractivity contribution in [2.24, 2.45) is 0 Å². The van der Waals surface area contributed by atoms with Gasteiger partial charge in [-0.3, -0.25) is 0 Å². The van der Waals surface area contributed by atoms with Crippen LogP contribution in [-0.4, -0.2) is 32.1 Å². The molecule has 1 heterocycles. The van der Waals surface area contributed by atoms with Gasteiger partial charge in [0.1, 0.15) is 0 Å². The standard InChI is InChI=1S/C13H13BrF3NO2S/c1-21(19,20)18-6-4-9(5-7-18)10-2-3-11(12(14)8-10)13(15,16)17/h2-4,8H,5-7H2,1H3. The summed E-state index contributed by atoms with van der Waals surface area (Å²) < 4.78 is 62.2. The molecule has 1 aliphatic heterocycles. The van der Waals surface area contributed by atoms with Crippen molar-refractivity contribution in [2.75, 3.05) is 19.3 Å². The summed E-state index contributed by atoms with van der Waals surface area (Å²) in [4.78, 5) is 0. The average Bonchev–Trinajstić information content (AvgIpc) is 2.36. The van der Waals surface area contributed by atoms with Crippen LogP contribution in [-0.2, 0) is 16.2 Å². The zero-order valence-corrected chi connectivity index (χ0v) is 13.5. The van der Waals surface area contributed by atoms with E-state index in [2.05, 4.69) is 15.9 Å². The fraction of sp³-hybridized carbons (Fsp3) is 0.385. The van der Waals surface area contributed by atoms with Gasteiger partial charge in [0.25, 0.3) is 0 Å². The predicted molar refractivity (Wildman–Crippen MR) is 78.2 cm³/mol. The number of alkyl halides is 3. The predicted octanol–water partition coefficient (Wildman–Crippen LogP) is 3.52. The zero-order valence-electron chi connectivity index (χ0n) is 11.1. The second-order valence-electron chi connectivity index (χ2n) is 4.79. The van der Waals surface area contributed by atoms with Crippen molar-refractivity contribution in [1.29, 1.82) is 0 Å². The van der Waals surface area contributed by atoms with E-state index in [1.165, 1.54) is 16.4 Å². The average molecular weight is 384 g/mol. The molecule has 0 saturated carbocycles.